The van der Waals surface area contributed by atoms with Gasteiger partial charge in [0.15, 0.2) is 0 Å². The van der Waals surface area contributed by atoms with Gasteiger partial charge in [-0.3, -0.25) is 14.7 Å². The van der Waals surface area contributed by atoms with E-state index in [2.05, 4.69) is 15.2 Å². The predicted molar refractivity (Wildman–Crippen MR) is 114 cm³/mol. The minimum Gasteiger partial charge on any atom is -0.449 e. The summed E-state index contributed by atoms with van der Waals surface area (Å²) in [5.74, 6) is 0.257. The van der Waals surface area contributed by atoms with Crippen LogP contribution in [0.1, 0.15) is 27.2 Å². The molecule has 2 amide bonds. The topological polar surface area (TPSA) is 74.8 Å². The molecule has 0 bridgehead atoms. The third kappa shape index (κ3) is 5.44. The van der Waals surface area contributed by atoms with Crippen molar-refractivity contribution < 1.29 is 14.3 Å². The first-order chi connectivity index (χ1) is 14.0. The summed E-state index contributed by atoms with van der Waals surface area (Å²) in [7, 11) is 0. The number of fused-ring (bicyclic) bond motifs is 1. The van der Waals surface area contributed by atoms with E-state index in [9.17, 15) is 9.59 Å². The summed E-state index contributed by atoms with van der Waals surface area (Å²) in [6.45, 7) is 8.99. The lowest BCUT2D eigenvalue weighted by molar-refractivity contribution is -0.120. The van der Waals surface area contributed by atoms with E-state index >= 15 is 0 Å². The number of amides is 2. The molecule has 1 unspecified atom stereocenters. The van der Waals surface area contributed by atoms with Crippen LogP contribution in [0.3, 0.4) is 0 Å². The quantitative estimate of drug-likeness (QED) is 0.836. The molecule has 2 heterocycles. The molecule has 0 spiro atoms. The second kappa shape index (κ2) is 9.69. The van der Waals surface area contributed by atoms with Crippen molar-refractivity contribution in [2.24, 2.45) is 5.92 Å². The van der Waals surface area contributed by atoms with Crippen molar-refractivity contribution in [1.82, 2.24) is 14.8 Å². The van der Waals surface area contributed by atoms with Crippen LogP contribution in [0.2, 0.25) is 0 Å². The van der Waals surface area contributed by atoms with E-state index < -0.39 is 0 Å². The first-order valence-corrected chi connectivity index (χ1v) is 10.3. The second-order valence-corrected chi connectivity index (χ2v) is 7.89. The van der Waals surface area contributed by atoms with Crippen LogP contribution in [0.5, 0.6) is 0 Å². The number of carbonyl (C=O) groups is 2. The van der Waals surface area contributed by atoms with E-state index in [0.29, 0.717) is 32.2 Å². The molecular formula is C22H30N4O3. The number of benzene rings is 1. The lowest BCUT2D eigenvalue weighted by Crippen LogP contribution is -2.44. The van der Waals surface area contributed by atoms with Gasteiger partial charge < -0.3 is 15.0 Å². The molecule has 1 aromatic carbocycles. The van der Waals surface area contributed by atoms with Crippen molar-refractivity contribution in [2.75, 3.05) is 38.1 Å². The van der Waals surface area contributed by atoms with Crippen molar-refractivity contribution in [3.05, 3.63) is 36.5 Å². The Hall–Kier alpha value is -2.67. The summed E-state index contributed by atoms with van der Waals surface area (Å²) >= 11 is 0. The Morgan fingerprint density at radius 3 is 2.72 bits per heavy atom. The van der Waals surface area contributed by atoms with E-state index in [-0.39, 0.29) is 18.0 Å². The van der Waals surface area contributed by atoms with Gasteiger partial charge in [-0.25, -0.2) is 4.79 Å². The maximum Gasteiger partial charge on any atom is 0.409 e. The first kappa shape index (κ1) is 21.0. The maximum absolute atomic E-state index is 12.9. The molecule has 0 saturated carbocycles. The number of anilines is 1. The van der Waals surface area contributed by atoms with Crippen molar-refractivity contribution in [2.45, 2.75) is 33.2 Å². The maximum atomic E-state index is 12.9. The van der Waals surface area contributed by atoms with E-state index in [0.717, 1.165) is 29.6 Å². The third-order valence-electron chi connectivity index (χ3n) is 5.16. The molecule has 3 rings (SSSR count). The summed E-state index contributed by atoms with van der Waals surface area (Å²) in [6.07, 6.45) is 2.29. The zero-order chi connectivity index (χ0) is 20.8. The fourth-order valence-electron chi connectivity index (χ4n) is 3.45. The van der Waals surface area contributed by atoms with Crippen LogP contribution in [0.4, 0.5) is 10.5 Å². The Labute approximate surface area is 172 Å². The normalized spacial score (nSPS) is 16.5. The molecule has 7 heteroatoms. The van der Waals surface area contributed by atoms with Crippen molar-refractivity contribution in [3.8, 4) is 0 Å². The van der Waals surface area contributed by atoms with Crippen molar-refractivity contribution in [3.63, 3.8) is 0 Å². The number of nitrogens with one attached hydrogen (secondary N) is 1. The molecule has 156 valence electrons. The number of ether oxygens (including phenoxy) is 1. The van der Waals surface area contributed by atoms with Crippen molar-refractivity contribution >= 4 is 28.6 Å². The molecule has 0 aliphatic carbocycles. The van der Waals surface area contributed by atoms with Crippen LogP contribution in [0, 0.1) is 5.92 Å². The largest absolute Gasteiger partial charge is 0.449 e. The second-order valence-electron chi connectivity index (χ2n) is 7.89. The standard InChI is InChI=1S/C22H30N4O3/c1-16(2)15-29-22(28)26-12-6-11-25(13-14-26)17(3)21(27)24-20-9-4-8-19-18(20)7-5-10-23-19/h4-5,7-10,16-17H,6,11-15H2,1-3H3,(H,24,27). The van der Waals surface area contributed by atoms with E-state index in [1.165, 1.54) is 0 Å². The summed E-state index contributed by atoms with van der Waals surface area (Å²) in [4.78, 5) is 33.3. The minimum absolute atomic E-state index is 0.0582. The molecule has 1 saturated heterocycles. The monoisotopic (exact) mass is 398 g/mol. The lowest BCUT2D eigenvalue weighted by atomic mass is 10.1. The van der Waals surface area contributed by atoms with Gasteiger partial charge >= 0.3 is 6.09 Å². The highest BCUT2D eigenvalue weighted by molar-refractivity contribution is 6.02. The van der Waals surface area contributed by atoms with Crippen LogP contribution in [-0.4, -0.2) is 65.6 Å². The van der Waals surface area contributed by atoms with Gasteiger partial charge in [-0.05, 0) is 43.5 Å². The van der Waals surface area contributed by atoms with Gasteiger partial charge in [0.25, 0.3) is 0 Å². The highest BCUT2D eigenvalue weighted by Gasteiger charge is 2.26. The van der Waals surface area contributed by atoms with Gasteiger partial charge in [0.2, 0.25) is 5.91 Å². The van der Waals surface area contributed by atoms with Gasteiger partial charge in [-0.2, -0.15) is 0 Å². The van der Waals surface area contributed by atoms with Gasteiger partial charge in [0.1, 0.15) is 0 Å². The molecule has 1 atom stereocenters. The number of carbonyl (C=O) groups excluding carboxylic acids is 2. The smallest absolute Gasteiger partial charge is 0.409 e. The van der Waals surface area contributed by atoms with Gasteiger partial charge in [-0.1, -0.05) is 19.9 Å². The lowest BCUT2D eigenvalue weighted by Gasteiger charge is -2.27. The highest BCUT2D eigenvalue weighted by Crippen LogP contribution is 2.22. The van der Waals surface area contributed by atoms with Crippen molar-refractivity contribution in [1.29, 1.82) is 0 Å². The van der Waals surface area contributed by atoms with E-state index in [1.54, 1.807) is 11.1 Å². The number of pyridine rings is 1. The Morgan fingerprint density at radius 2 is 1.93 bits per heavy atom. The summed E-state index contributed by atoms with van der Waals surface area (Å²) in [6, 6.07) is 9.23. The molecule has 7 nitrogen and oxygen atoms in total. The molecule has 1 aromatic heterocycles. The number of hydrogen-bond donors (Lipinski definition) is 1. The van der Waals surface area contributed by atoms with Crippen LogP contribution < -0.4 is 5.32 Å². The molecule has 29 heavy (non-hydrogen) atoms. The zero-order valence-electron chi connectivity index (χ0n) is 17.4. The average Bonchev–Trinajstić information content (AvgIpc) is 2.98. The van der Waals surface area contributed by atoms with E-state index in [4.69, 9.17) is 4.74 Å². The highest BCUT2D eigenvalue weighted by atomic mass is 16.6. The summed E-state index contributed by atoms with van der Waals surface area (Å²) in [5.41, 5.74) is 1.62. The fraction of sp³-hybridized carbons (Fsp3) is 0.500. The van der Waals surface area contributed by atoms with Crippen LogP contribution >= 0.6 is 0 Å². The minimum atomic E-state index is -0.298. The number of aromatic nitrogens is 1. The fourth-order valence-corrected chi connectivity index (χ4v) is 3.45. The van der Waals surface area contributed by atoms with E-state index in [1.807, 2.05) is 51.1 Å². The molecule has 1 N–H and O–H groups in total. The van der Waals surface area contributed by atoms with Gasteiger partial charge in [0, 0.05) is 37.8 Å². The van der Waals surface area contributed by atoms with Crippen LogP contribution in [0.15, 0.2) is 36.5 Å². The first-order valence-electron chi connectivity index (χ1n) is 10.3. The molecule has 1 aliphatic rings. The molecule has 2 aromatic rings. The Balaban J connectivity index is 1.59. The van der Waals surface area contributed by atoms with Gasteiger partial charge in [0.05, 0.1) is 23.9 Å². The number of nitrogens with zero attached hydrogens (tertiary/aromatic N) is 3. The Kier molecular flexibility index (Phi) is 7.04. The zero-order valence-corrected chi connectivity index (χ0v) is 17.4. The van der Waals surface area contributed by atoms with Crippen LogP contribution in [-0.2, 0) is 9.53 Å². The number of rotatable bonds is 5. The summed E-state index contributed by atoms with van der Waals surface area (Å²) < 4.78 is 5.34. The molecule has 1 fully saturated rings. The Bertz CT molecular complexity index is 850. The van der Waals surface area contributed by atoms with Crippen LogP contribution in [0.25, 0.3) is 10.9 Å². The average molecular weight is 399 g/mol. The predicted octanol–water partition coefficient (Wildman–Crippen LogP) is 3.36. The SMILES string of the molecule is CC(C)COC(=O)N1CCCN(C(C)C(=O)Nc2cccc3ncccc23)CC1. The third-order valence-corrected chi connectivity index (χ3v) is 5.16. The number of hydrogen-bond acceptors (Lipinski definition) is 5. The molecule has 1 aliphatic heterocycles. The summed E-state index contributed by atoms with van der Waals surface area (Å²) in [5, 5.41) is 3.97. The Morgan fingerprint density at radius 1 is 1.10 bits per heavy atom. The molecular weight excluding hydrogens is 368 g/mol. The van der Waals surface area contributed by atoms with Gasteiger partial charge in [-0.15, -0.1) is 0 Å². The molecule has 0 radical (unpaired) electrons.